The molecule has 0 aliphatic rings. The first-order valence-electron chi connectivity index (χ1n) is 5.19. The lowest BCUT2D eigenvalue weighted by atomic mass is 10.1. The van der Waals surface area contributed by atoms with Crippen LogP contribution in [-0.2, 0) is 0 Å². The average molecular weight is 314 g/mol. The molecule has 0 nitrogen and oxygen atoms in total. The molecule has 0 aliphatic carbocycles. The van der Waals surface area contributed by atoms with E-state index >= 15 is 0 Å². The Bertz CT molecular complexity index is 280. The Hall–Kier alpha value is -0.570. The Morgan fingerprint density at radius 3 is 2.40 bits per heavy atom. The summed E-state index contributed by atoms with van der Waals surface area (Å²) in [6.07, 6.45) is 15.4. The van der Waals surface area contributed by atoms with E-state index in [0.717, 1.165) is 12.8 Å². The molecule has 1 heteroatoms. The molecule has 0 radical (unpaired) electrons. The molecular weight excluding hydrogens is 295 g/mol. The van der Waals surface area contributed by atoms with Gasteiger partial charge in [0, 0.05) is 3.58 Å². The first kappa shape index (κ1) is 14.4. The van der Waals surface area contributed by atoms with Crippen molar-refractivity contribution < 1.29 is 0 Å². The molecule has 0 amide bonds. The van der Waals surface area contributed by atoms with E-state index in [2.05, 4.69) is 60.9 Å². The Morgan fingerprint density at radius 2 is 1.87 bits per heavy atom. The molecule has 0 spiro atoms. The third-order valence-corrected chi connectivity index (χ3v) is 2.58. The summed E-state index contributed by atoms with van der Waals surface area (Å²) in [6.45, 7) is 9.59. The van der Waals surface area contributed by atoms with E-state index in [1.807, 2.05) is 12.2 Å². The van der Waals surface area contributed by atoms with Gasteiger partial charge in [-0.05, 0) is 41.5 Å². The molecule has 0 atom stereocenters. The Balaban J connectivity index is 4.21. The average Bonchev–Trinajstić information content (AvgIpc) is 2.19. The third kappa shape index (κ3) is 8.43. The monoisotopic (exact) mass is 314 g/mol. The molecular formula is C14H19I. The van der Waals surface area contributed by atoms with Gasteiger partial charge in [-0.1, -0.05) is 62.5 Å². The van der Waals surface area contributed by atoms with Gasteiger partial charge >= 0.3 is 0 Å². The van der Waals surface area contributed by atoms with Crippen LogP contribution in [0.15, 0.2) is 58.8 Å². The van der Waals surface area contributed by atoms with Gasteiger partial charge in [0.2, 0.25) is 0 Å². The lowest BCUT2D eigenvalue weighted by Gasteiger charge is -2.00. The van der Waals surface area contributed by atoms with Crippen LogP contribution in [0, 0.1) is 0 Å². The topological polar surface area (TPSA) is 0 Å². The second-order valence-electron chi connectivity index (χ2n) is 3.20. The quantitative estimate of drug-likeness (QED) is 0.439. The van der Waals surface area contributed by atoms with Crippen molar-refractivity contribution >= 4 is 22.6 Å². The molecule has 0 rings (SSSR count). The molecule has 0 saturated heterocycles. The number of hydrogen-bond donors (Lipinski definition) is 0. The summed E-state index contributed by atoms with van der Waals surface area (Å²) in [4.78, 5) is 0. The van der Waals surface area contributed by atoms with Crippen LogP contribution in [0.25, 0.3) is 0 Å². The first-order chi connectivity index (χ1) is 7.24. The molecule has 0 N–H and O–H groups in total. The maximum atomic E-state index is 3.73. The summed E-state index contributed by atoms with van der Waals surface area (Å²) < 4.78 is 1.21. The number of allylic oxidation sites excluding steroid dienone is 8. The minimum absolute atomic E-state index is 1.01. The lowest BCUT2D eigenvalue weighted by Crippen LogP contribution is -1.80. The fourth-order valence-corrected chi connectivity index (χ4v) is 1.74. The second kappa shape index (κ2) is 9.97. The maximum absolute atomic E-state index is 3.73. The maximum Gasteiger partial charge on any atom is 0.0127 e. The molecule has 0 unspecified atom stereocenters. The minimum Gasteiger partial charge on any atom is -0.0991 e. The summed E-state index contributed by atoms with van der Waals surface area (Å²) in [5.41, 5.74) is 1.44. The van der Waals surface area contributed by atoms with E-state index in [1.54, 1.807) is 6.08 Å². The number of halogens is 1. The lowest BCUT2D eigenvalue weighted by molar-refractivity contribution is 0.880. The molecule has 82 valence electrons. The van der Waals surface area contributed by atoms with E-state index in [0.29, 0.717) is 0 Å². The second-order valence-corrected chi connectivity index (χ2v) is 4.45. The smallest absolute Gasteiger partial charge is 0.0127 e. The number of rotatable bonds is 7. The van der Waals surface area contributed by atoms with E-state index in [9.17, 15) is 0 Å². The summed E-state index contributed by atoms with van der Waals surface area (Å²) >= 11 is 2.29. The van der Waals surface area contributed by atoms with Crippen LogP contribution in [0.3, 0.4) is 0 Å². The molecule has 0 fully saturated rings. The summed E-state index contributed by atoms with van der Waals surface area (Å²) in [7, 11) is 0. The summed E-state index contributed by atoms with van der Waals surface area (Å²) in [5.74, 6) is 0. The van der Waals surface area contributed by atoms with Crippen LogP contribution in [0.4, 0.5) is 0 Å². The summed E-state index contributed by atoms with van der Waals surface area (Å²) in [6, 6.07) is 0. The Labute approximate surface area is 107 Å². The van der Waals surface area contributed by atoms with Crippen molar-refractivity contribution in [2.45, 2.75) is 26.2 Å². The highest BCUT2D eigenvalue weighted by Gasteiger charge is 1.91. The van der Waals surface area contributed by atoms with Gasteiger partial charge in [0.15, 0.2) is 0 Å². The largest absolute Gasteiger partial charge is 0.0991 e. The molecule has 0 heterocycles. The standard InChI is InChI=1S/C14H19I/c1-4-8-13(9-5-2)11-7-12-14(15)10-6-3/h4,6-8,10,12H,1,3,5,9,11H2,2H3/b12-7-,13-8+,14-10+. The van der Waals surface area contributed by atoms with Crippen LogP contribution in [0.1, 0.15) is 26.2 Å². The van der Waals surface area contributed by atoms with Crippen molar-refractivity contribution in [3.63, 3.8) is 0 Å². The van der Waals surface area contributed by atoms with Crippen molar-refractivity contribution in [1.82, 2.24) is 0 Å². The molecule has 0 bridgehead atoms. The molecule has 15 heavy (non-hydrogen) atoms. The van der Waals surface area contributed by atoms with Gasteiger partial charge in [0.05, 0.1) is 0 Å². The van der Waals surface area contributed by atoms with Gasteiger partial charge in [-0.3, -0.25) is 0 Å². The SMILES string of the molecule is C=C/C=C(I)\C=C/C/C(=C/C=C)CCC. The van der Waals surface area contributed by atoms with Crippen LogP contribution >= 0.6 is 22.6 Å². The van der Waals surface area contributed by atoms with E-state index in [1.165, 1.54) is 15.6 Å². The molecule has 0 aromatic rings. The Kier molecular flexibility index (Phi) is 9.59. The highest BCUT2D eigenvalue weighted by molar-refractivity contribution is 14.1. The van der Waals surface area contributed by atoms with Crippen molar-refractivity contribution in [3.05, 3.63) is 58.8 Å². The van der Waals surface area contributed by atoms with Gasteiger partial charge in [-0.2, -0.15) is 0 Å². The molecule has 0 aromatic carbocycles. The van der Waals surface area contributed by atoms with E-state index in [-0.39, 0.29) is 0 Å². The predicted octanol–water partition coefficient (Wildman–Crippen LogP) is 5.35. The van der Waals surface area contributed by atoms with Gasteiger partial charge in [0.1, 0.15) is 0 Å². The Morgan fingerprint density at radius 1 is 1.20 bits per heavy atom. The highest BCUT2D eigenvalue weighted by Crippen LogP contribution is 2.13. The highest BCUT2D eigenvalue weighted by atomic mass is 127. The minimum atomic E-state index is 1.01. The summed E-state index contributed by atoms with van der Waals surface area (Å²) in [5, 5.41) is 0. The van der Waals surface area contributed by atoms with Gasteiger partial charge < -0.3 is 0 Å². The normalized spacial score (nSPS) is 13.2. The van der Waals surface area contributed by atoms with E-state index < -0.39 is 0 Å². The fourth-order valence-electron chi connectivity index (χ4n) is 1.23. The fraction of sp³-hybridized carbons (Fsp3) is 0.286. The van der Waals surface area contributed by atoms with Crippen LogP contribution in [0.5, 0.6) is 0 Å². The van der Waals surface area contributed by atoms with Gasteiger partial charge in [-0.15, -0.1) is 0 Å². The van der Waals surface area contributed by atoms with Crippen LogP contribution in [0.2, 0.25) is 0 Å². The molecule has 0 aliphatic heterocycles. The molecule has 0 saturated carbocycles. The van der Waals surface area contributed by atoms with Gasteiger partial charge in [0.25, 0.3) is 0 Å². The zero-order chi connectivity index (χ0) is 11.5. The van der Waals surface area contributed by atoms with E-state index in [4.69, 9.17) is 0 Å². The third-order valence-electron chi connectivity index (χ3n) is 1.86. The van der Waals surface area contributed by atoms with Crippen molar-refractivity contribution in [1.29, 1.82) is 0 Å². The zero-order valence-electron chi connectivity index (χ0n) is 9.38. The molecule has 0 aromatic heterocycles. The number of hydrogen-bond acceptors (Lipinski definition) is 0. The van der Waals surface area contributed by atoms with Gasteiger partial charge in [-0.25, -0.2) is 0 Å². The van der Waals surface area contributed by atoms with Crippen molar-refractivity contribution in [3.8, 4) is 0 Å². The predicted molar refractivity (Wildman–Crippen MR) is 79.2 cm³/mol. The zero-order valence-corrected chi connectivity index (χ0v) is 11.5. The van der Waals surface area contributed by atoms with Crippen molar-refractivity contribution in [2.75, 3.05) is 0 Å². The van der Waals surface area contributed by atoms with Crippen LogP contribution < -0.4 is 0 Å². The van der Waals surface area contributed by atoms with Crippen molar-refractivity contribution in [2.24, 2.45) is 0 Å². The first-order valence-corrected chi connectivity index (χ1v) is 6.27. The van der Waals surface area contributed by atoms with Crippen LogP contribution in [-0.4, -0.2) is 0 Å².